The van der Waals surface area contributed by atoms with Crippen molar-refractivity contribution in [3.63, 3.8) is 0 Å². The van der Waals surface area contributed by atoms with Crippen LogP contribution < -0.4 is 9.64 Å². The van der Waals surface area contributed by atoms with Gasteiger partial charge < -0.3 is 9.84 Å². The number of carbonyl (C=O) groups is 5. The largest absolute Gasteiger partial charge is 0.491 e. The molecule has 1 fully saturated rings. The van der Waals surface area contributed by atoms with E-state index in [1.54, 1.807) is 67.6 Å². The Morgan fingerprint density at radius 1 is 0.870 bits per heavy atom. The van der Waals surface area contributed by atoms with Crippen LogP contribution in [0.15, 0.2) is 113 Å². The third-order valence-electron chi connectivity index (χ3n) is 9.56. The molecule has 0 spiro atoms. The normalized spacial score (nSPS) is 23.8. The van der Waals surface area contributed by atoms with E-state index in [0.717, 1.165) is 11.1 Å². The number of anilines is 1. The fraction of sp³-hybridized carbons (Fsp3) is 0.237. The van der Waals surface area contributed by atoms with E-state index in [2.05, 4.69) is 0 Å². The first-order chi connectivity index (χ1) is 22.3. The molecule has 230 valence electrons. The summed E-state index contributed by atoms with van der Waals surface area (Å²) in [6.45, 7) is 1.64. The number of hydrogen-bond donors (Lipinski definition) is 1. The van der Waals surface area contributed by atoms with E-state index >= 15 is 0 Å². The van der Waals surface area contributed by atoms with Gasteiger partial charge in [-0.05, 0) is 73.7 Å². The Bertz CT molecular complexity index is 1880. The predicted molar refractivity (Wildman–Crippen MR) is 169 cm³/mol. The maximum absolute atomic E-state index is 14.2. The summed E-state index contributed by atoms with van der Waals surface area (Å²) < 4.78 is 5.53. The van der Waals surface area contributed by atoms with Crippen molar-refractivity contribution in [3.05, 3.63) is 130 Å². The summed E-state index contributed by atoms with van der Waals surface area (Å²) in [5, 5.41) is 9.12. The van der Waals surface area contributed by atoms with Gasteiger partial charge in [0.1, 0.15) is 12.4 Å². The zero-order valence-electron chi connectivity index (χ0n) is 25.1. The van der Waals surface area contributed by atoms with Crippen LogP contribution in [-0.2, 0) is 19.2 Å². The first kappa shape index (κ1) is 29.5. The van der Waals surface area contributed by atoms with Crippen LogP contribution in [0.1, 0.15) is 47.2 Å². The lowest BCUT2D eigenvalue weighted by Gasteiger charge is -2.42. The van der Waals surface area contributed by atoms with E-state index in [9.17, 15) is 24.0 Å². The number of Topliss-reactive ketones (excluding diaryl/α,β-unsaturated/α-hetero) is 1. The predicted octanol–water partition coefficient (Wildman–Crippen LogP) is 4.92. The van der Waals surface area contributed by atoms with Crippen molar-refractivity contribution in [2.45, 2.75) is 25.7 Å². The zero-order chi connectivity index (χ0) is 32.1. The summed E-state index contributed by atoms with van der Waals surface area (Å²) in [4.78, 5) is 69.2. The van der Waals surface area contributed by atoms with Crippen molar-refractivity contribution in [2.24, 2.45) is 17.8 Å². The summed E-state index contributed by atoms with van der Waals surface area (Å²) in [7, 11) is 0. The Balaban J connectivity index is 1.23. The summed E-state index contributed by atoms with van der Waals surface area (Å²) in [6, 6.07) is 22.6. The van der Waals surface area contributed by atoms with Crippen molar-refractivity contribution in [1.82, 2.24) is 0 Å². The van der Waals surface area contributed by atoms with Crippen LogP contribution in [0.2, 0.25) is 0 Å². The van der Waals surface area contributed by atoms with E-state index in [1.165, 1.54) is 11.0 Å². The minimum Gasteiger partial charge on any atom is -0.491 e. The van der Waals surface area contributed by atoms with Gasteiger partial charge in [0.2, 0.25) is 11.8 Å². The van der Waals surface area contributed by atoms with Crippen molar-refractivity contribution >= 4 is 34.9 Å². The molecular weight excluding hydrogens is 582 g/mol. The molecule has 4 unspecified atom stereocenters. The van der Waals surface area contributed by atoms with Gasteiger partial charge in [0.05, 0.1) is 24.1 Å². The standard InChI is InChI=1S/C38H31NO7/c1-21-19-31(41)34-30(35(21)42)20-29-27(32(34)22-9-13-26(14-10-22)46-18-17-40)15-16-28-33(29)38(45)39(37(28)44)25-11-7-24(8-12-25)36(43)23-5-3-2-4-6-23/h2-15,19,28-29,32-33,40H,16-18,20H2,1H3. The van der Waals surface area contributed by atoms with E-state index in [1.807, 2.05) is 24.3 Å². The highest BCUT2D eigenvalue weighted by atomic mass is 16.5. The molecule has 0 bridgehead atoms. The zero-order valence-corrected chi connectivity index (χ0v) is 25.1. The lowest BCUT2D eigenvalue weighted by Crippen LogP contribution is -2.39. The second kappa shape index (κ2) is 11.6. The van der Waals surface area contributed by atoms with Crippen molar-refractivity contribution in [1.29, 1.82) is 0 Å². The molecule has 4 atom stereocenters. The van der Waals surface area contributed by atoms with Crippen LogP contribution in [0.3, 0.4) is 0 Å². The van der Waals surface area contributed by atoms with E-state index in [-0.39, 0.29) is 48.8 Å². The number of rotatable bonds is 7. The van der Waals surface area contributed by atoms with E-state index in [4.69, 9.17) is 9.84 Å². The van der Waals surface area contributed by atoms with Gasteiger partial charge in [-0.1, -0.05) is 54.1 Å². The molecule has 1 heterocycles. The minimum atomic E-state index is -0.698. The van der Waals surface area contributed by atoms with E-state index in [0.29, 0.717) is 45.7 Å². The molecule has 3 aromatic carbocycles. The number of fused-ring (bicyclic) bond motifs is 3. The molecule has 7 rings (SSSR count). The monoisotopic (exact) mass is 613 g/mol. The molecule has 46 heavy (non-hydrogen) atoms. The number of ketones is 3. The van der Waals surface area contributed by atoms with Crippen molar-refractivity contribution in [3.8, 4) is 5.75 Å². The van der Waals surface area contributed by atoms with Gasteiger partial charge in [-0.2, -0.15) is 0 Å². The fourth-order valence-electron chi connectivity index (χ4n) is 7.45. The van der Waals surface area contributed by atoms with Gasteiger partial charge in [0.25, 0.3) is 0 Å². The average molecular weight is 614 g/mol. The number of carbonyl (C=O) groups excluding carboxylic acids is 5. The highest BCUT2D eigenvalue weighted by Gasteiger charge is 2.56. The Morgan fingerprint density at radius 3 is 2.26 bits per heavy atom. The summed E-state index contributed by atoms with van der Waals surface area (Å²) in [6.07, 6.45) is 3.90. The second-order valence-electron chi connectivity index (χ2n) is 12.1. The van der Waals surface area contributed by atoms with Crippen LogP contribution in [0.4, 0.5) is 5.69 Å². The molecule has 2 amide bonds. The summed E-state index contributed by atoms with van der Waals surface area (Å²) in [5.74, 6) is -2.99. The summed E-state index contributed by atoms with van der Waals surface area (Å²) >= 11 is 0. The molecule has 0 saturated carbocycles. The molecule has 8 heteroatoms. The topological polar surface area (TPSA) is 118 Å². The van der Waals surface area contributed by atoms with Crippen LogP contribution in [0.5, 0.6) is 5.75 Å². The third kappa shape index (κ3) is 4.77. The second-order valence-corrected chi connectivity index (χ2v) is 12.1. The number of nitrogens with zero attached hydrogens (tertiary/aromatic N) is 1. The number of amides is 2. The molecule has 1 aliphatic heterocycles. The van der Waals surface area contributed by atoms with Crippen LogP contribution >= 0.6 is 0 Å². The molecule has 0 radical (unpaired) electrons. The number of aliphatic hydroxyl groups excluding tert-OH is 1. The smallest absolute Gasteiger partial charge is 0.238 e. The molecule has 1 N–H and O–H groups in total. The van der Waals surface area contributed by atoms with Gasteiger partial charge in [-0.25, -0.2) is 0 Å². The maximum Gasteiger partial charge on any atom is 0.238 e. The molecule has 4 aliphatic rings. The number of benzene rings is 3. The van der Waals surface area contributed by atoms with Crippen LogP contribution in [-0.4, -0.2) is 47.5 Å². The fourth-order valence-corrected chi connectivity index (χ4v) is 7.45. The molecule has 1 saturated heterocycles. The van der Waals surface area contributed by atoms with Gasteiger partial charge >= 0.3 is 0 Å². The number of ether oxygens (including phenoxy) is 1. The first-order valence-corrected chi connectivity index (χ1v) is 15.4. The average Bonchev–Trinajstić information content (AvgIpc) is 3.34. The van der Waals surface area contributed by atoms with Gasteiger partial charge in [0, 0.05) is 33.8 Å². The minimum absolute atomic E-state index is 0.125. The molecular formula is C38H31NO7. The number of hydrogen-bond acceptors (Lipinski definition) is 7. The molecule has 3 aromatic rings. The summed E-state index contributed by atoms with van der Waals surface area (Å²) in [5.41, 5.74) is 4.21. The lowest BCUT2D eigenvalue weighted by molar-refractivity contribution is -0.123. The maximum atomic E-state index is 14.2. The Hall–Kier alpha value is -5.21. The Labute approximate surface area is 265 Å². The lowest BCUT2D eigenvalue weighted by atomic mass is 9.59. The van der Waals surface area contributed by atoms with Crippen molar-refractivity contribution < 1.29 is 33.8 Å². The van der Waals surface area contributed by atoms with E-state index < -0.39 is 23.7 Å². The highest BCUT2D eigenvalue weighted by Crippen LogP contribution is 2.55. The number of imide groups is 1. The van der Waals surface area contributed by atoms with Gasteiger partial charge in [-0.15, -0.1) is 0 Å². The number of allylic oxidation sites excluding steroid dienone is 6. The van der Waals surface area contributed by atoms with Gasteiger partial charge in [0.15, 0.2) is 17.3 Å². The molecule has 3 aliphatic carbocycles. The SMILES string of the molecule is CC1=CC(=O)C2=C(CC3C(=CCC4C(=O)N(c5ccc(C(=O)c6ccccc6)cc5)C(=O)C43)C2c2ccc(OCCO)cc2)C1=O. The van der Waals surface area contributed by atoms with Crippen LogP contribution in [0, 0.1) is 17.8 Å². The highest BCUT2D eigenvalue weighted by molar-refractivity contribution is 6.25. The molecule has 0 aromatic heterocycles. The van der Waals surface area contributed by atoms with Crippen molar-refractivity contribution in [2.75, 3.05) is 18.1 Å². The molecule has 8 nitrogen and oxygen atoms in total. The Kier molecular flexibility index (Phi) is 7.45. The van der Waals surface area contributed by atoms with Gasteiger partial charge in [-0.3, -0.25) is 28.9 Å². The van der Waals surface area contributed by atoms with Crippen LogP contribution in [0.25, 0.3) is 0 Å². The first-order valence-electron chi connectivity index (χ1n) is 15.4. The third-order valence-corrected chi connectivity index (χ3v) is 9.56. The number of aliphatic hydroxyl groups is 1. The quantitative estimate of drug-likeness (QED) is 0.174. The Morgan fingerprint density at radius 2 is 1.57 bits per heavy atom.